The molecule has 74 valence electrons. The van der Waals surface area contributed by atoms with Crippen LogP contribution in [0.1, 0.15) is 12.8 Å². The molecule has 2 heterocycles. The van der Waals surface area contributed by atoms with Crippen molar-refractivity contribution in [2.45, 2.75) is 12.8 Å². The van der Waals surface area contributed by atoms with Crippen molar-refractivity contribution in [3.63, 3.8) is 0 Å². The summed E-state index contributed by atoms with van der Waals surface area (Å²) in [5.41, 5.74) is 0. The van der Waals surface area contributed by atoms with Gasteiger partial charge in [0.2, 0.25) is 5.23 Å². The van der Waals surface area contributed by atoms with Crippen LogP contribution in [0.25, 0.3) is 0 Å². The molecule has 2 aliphatic rings. The highest BCUT2D eigenvalue weighted by Gasteiger charge is 2.15. The van der Waals surface area contributed by atoms with Crippen LogP contribution in [0.2, 0.25) is 0 Å². The lowest BCUT2D eigenvalue weighted by atomic mass is 10.0. The molecule has 4 heteroatoms. The van der Waals surface area contributed by atoms with Gasteiger partial charge in [0.1, 0.15) is 6.61 Å². The molecular formula is C9H16N2OS. The van der Waals surface area contributed by atoms with Crippen LogP contribution >= 0.6 is 11.8 Å². The van der Waals surface area contributed by atoms with E-state index >= 15 is 0 Å². The number of ether oxygens (including phenoxy) is 1. The minimum atomic E-state index is 0.786. The number of nitrogens with one attached hydrogen (secondary N) is 1. The fourth-order valence-corrected chi connectivity index (χ4v) is 2.70. The molecular weight excluding hydrogens is 184 g/mol. The summed E-state index contributed by atoms with van der Waals surface area (Å²) in [6.45, 7) is 4.00. The average molecular weight is 200 g/mol. The number of hydrogen-bond donors (Lipinski definition) is 1. The van der Waals surface area contributed by atoms with Crippen molar-refractivity contribution in [3.8, 4) is 0 Å². The molecule has 2 aliphatic heterocycles. The van der Waals surface area contributed by atoms with Gasteiger partial charge in [0.15, 0.2) is 0 Å². The third-order valence-electron chi connectivity index (χ3n) is 2.46. The van der Waals surface area contributed by atoms with E-state index < -0.39 is 0 Å². The molecule has 0 aromatic carbocycles. The van der Waals surface area contributed by atoms with Crippen molar-refractivity contribution in [2.75, 3.05) is 32.0 Å². The second kappa shape index (κ2) is 4.86. The lowest BCUT2D eigenvalue weighted by Gasteiger charge is -2.21. The monoisotopic (exact) mass is 200 g/mol. The van der Waals surface area contributed by atoms with Gasteiger partial charge in [-0.05, 0) is 31.8 Å². The minimum Gasteiger partial charge on any atom is -0.471 e. The number of rotatable bonds is 2. The first-order valence-electron chi connectivity index (χ1n) is 4.96. The number of thioether (sulfide) groups is 1. The summed E-state index contributed by atoms with van der Waals surface area (Å²) in [4.78, 5) is 4.26. The topological polar surface area (TPSA) is 33.6 Å². The average Bonchev–Trinajstić information content (AvgIpc) is 2.69. The van der Waals surface area contributed by atoms with Gasteiger partial charge in [-0.3, -0.25) is 0 Å². The molecule has 0 atom stereocenters. The lowest BCUT2D eigenvalue weighted by Crippen LogP contribution is -2.28. The van der Waals surface area contributed by atoms with Crippen LogP contribution < -0.4 is 5.32 Å². The molecule has 0 radical (unpaired) electrons. The largest absolute Gasteiger partial charge is 0.471 e. The summed E-state index contributed by atoms with van der Waals surface area (Å²) in [7, 11) is 0. The Morgan fingerprint density at radius 1 is 1.46 bits per heavy atom. The van der Waals surface area contributed by atoms with E-state index in [0.717, 1.165) is 24.3 Å². The van der Waals surface area contributed by atoms with Gasteiger partial charge < -0.3 is 10.1 Å². The molecule has 0 aromatic rings. The van der Waals surface area contributed by atoms with Gasteiger partial charge in [0, 0.05) is 5.75 Å². The predicted octanol–water partition coefficient (Wildman–Crippen LogP) is 1.11. The van der Waals surface area contributed by atoms with Gasteiger partial charge in [-0.25, -0.2) is 4.99 Å². The SMILES string of the molecule is C1COC(SCC2CCNCC2)=N1. The lowest BCUT2D eigenvalue weighted by molar-refractivity contribution is 0.356. The van der Waals surface area contributed by atoms with E-state index in [1.807, 2.05) is 0 Å². The maximum atomic E-state index is 5.34. The van der Waals surface area contributed by atoms with E-state index in [1.165, 1.54) is 31.7 Å². The van der Waals surface area contributed by atoms with Gasteiger partial charge in [0.25, 0.3) is 0 Å². The molecule has 0 bridgehead atoms. The fraction of sp³-hybridized carbons (Fsp3) is 0.889. The van der Waals surface area contributed by atoms with Crippen molar-refractivity contribution in [1.29, 1.82) is 0 Å². The molecule has 2 rings (SSSR count). The van der Waals surface area contributed by atoms with Crippen LogP contribution in [0.4, 0.5) is 0 Å². The van der Waals surface area contributed by atoms with Crippen LogP contribution in [0, 0.1) is 5.92 Å². The van der Waals surface area contributed by atoms with Crippen LogP contribution in [0.3, 0.4) is 0 Å². The van der Waals surface area contributed by atoms with Gasteiger partial charge in [-0.2, -0.15) is 0 Å². The fourth-order valence-electron chi connectivity index (χ4n) is 1.64. The Morgan fingerprint density at radius 2 is 2.31 bits per heavy atom. The van der Waals surface area contributed by atoms with Gasteiger partial charge in [-0.15, -0.1) is 0 Å². The predicted molar refractivity (Wildman–Crippen MR) is 56.3 cm³/mol. The first kappa shape index (κ1) is 9.34. The second-order valence-corrected chi connectivity index (χ2v) is 4.47. The van der Waals surface area contributed by atoms with Crippen LogP contribution in [0.15, 0.2) is 4.99 Å². The third-order valence-corrected chi connectivity index (χ3v) is 3.59. The number of aliphatic imine (C=N–C) groups is 1. The smallest absolute Gasteiger partial charge is 0.245 e. The Balaban J connectivity index is 1.66. The highest BCUT2D eigenvalue weighted by Crippen LogP contribution is 2.20. The molecule has 3 nitrogen and oxygen atoms in total. The Bertz CT molecular complexity index is 190. The van der Waals surface area contributed by atoms with E-state index in [1.54, 1.807) is 11.8 Å². The summed E-state index contributed by atoms with van der Waals surface area (Å²) >= 11 is 1.79. The van der Waals surface area contributed by atoms with Crippen LogP contribution in [0.5, 0.6) is 0 Å². The summed E-state index contributed by atoms with van der Waals surface area (Å²) in [6.07, 6.45) is 2.61. The molecule has 0 aromatic heterocycles. The van der Waals surface area contributed by atoms with Gasteiger partial charge in [0.05, 0.1) is 6.54 Å². The minimum absolute atomic E-state index is 0.786. The van der Waals surface area contributed by atoms with Gasteiger partial charge in [-0.1, -0.05) is 11.8 Å². The Hall–Kier alpha value is -0.220. The molecule has 0 amide bonds. The Morgan fingerprint density at radius 3 is 3.00 bits per heavy atom. The van der Waals surface area contributed by atoms with Crippen LogP contribution in [-0.4, -0.2) is 37.2 Å². The molecule has 0 spiro atoms. The van der Waals surface area contributed by atoms with E-state index in [9.17, 15) is 0 Å². The zero-order valence-electron chi connectivity index (χ0n) is 7.79. The molecule has 13 heavy (non-hydrogen) atoms. The standard InChI is InChI=1S/C9H16N2OS/c1-3-10-4-2-8(1)7-13-9-11-5-6-12-9/h8,10H,1-7H2. The van der Waals surface area contributed by atoms with E-state index in [4.69, 9.17) is 4.74 Å². The van der Waals surface area contributed by atoms with Crippen molar-refractivity contribution >= 4 is 17.0 Å². The zero-order chi connectivity index (χ0) is 8.93. The van der Waals surface area contributed by atoms with Crippen LogP contribution in [-0.2, 0) is 4.74 Å². The van der Waals surface area contributed by atoms with Crippen molar-refractivity contribution < 1.29 is 4.74 Å². The molecule has 0 aliphatic carbocycles. The van der Waals surface area contributed by atoms with E-state index in [2.05, 4.69) is 10.3 Å². The van der Waals surface area contributed by atoms with E-state index in [-0.39, 0.29) is 0 Å². The zero-order valence-corrected chi connectivity index (χ0v) is 8.61. The maximum Gasteiger partial charge on any atom is 0.245 e. The van der Waals surface area contributed by atoms with Gasteiger partial charge >= 0.3 is 0 Å². The quantitative estimate of drug-likeness (QED) is 0.725. The molecule has 1 fully saturated rings. The van der Waals surface area contributed by atoms with Crippen molar-refractivity contribution in [1.82, 2.24) is 5.32 Å². The number of hydrogen-bond acceptors (Lipinski definition) is 4. The third kappa shape index (κ3) is 2.88. The summed E-state index contributed by atoms with van der Waals surface area (Å²) in [6, 6.07) is 0. The summed E-state index contributed by atoms with van der Waals surface area (Å²) in [5, 5.41) is 4.29. The molecule has 1 N–H and O–H groups in total. The first-order valence-corrected chi connectivity index (χ1v) is 5.94. The highest BCUT2D eigenvalue weighted by molar-refractivity contribution is 8.13. The highest BCUT2D eigenvalue weighted by atomic mass is 32.2. The number of nitrogens with zero attached hydrogens (tertiary/aromatic N) is 1. The first-order chi connectivity index (χ1) is 6.45. The molecule has 0 unspecified atom stereocenters. The molecule has 1 saturated heterocycles. The summed E-state index contributed by atoms with van der Waals surface area (Å²) in [5.74, 6) is 2.04. The molecule has 0 saturated carbocycles. The van der Waals surface area contributed by atoms with E-state index in [0.29, 0.717) is 0 Å². The van der Waals surface area contributed by atoms with Crippen molar-refractivity contribution in [2.24, 2.45) is 10.9 Å². The normalized spacial score (nSPS) is 24.2. The Labute approximate surface area is 83.3 Å². The van der Waals surface area contributed by atoms with Crippen molar-refractivity contribution in [3.05, 3.63) is 0 Å². The number of piperidine rings is 1. The Kier molecular flexibility index (Phi) is 3.49. The maximum absolute atomic E-state index is 5.34. The second-order valence-electron chi connectivity index (χ2n) is 3.50. The summed E-state index contributed by atoms with van der Waals surface area (Å²) < 4.78 is 5.34.